The van der Waals surface area contributed by atoms with Crippen molar-refractivity contribution in [2.24, 2.45) is 11.8 Å². The van der Waals surface area contributed by atoms with Crippen LogP contribution in [0.25, 0.3) is 11.0 Å². The van der Waals surface area contributed by atoms with E-state index in [0.29, 0.717) is 30.7 Å². The molecule has 2 aromatic heterocycles. The Morgan fingerprint density at radius 1 is 1.18 bits per heavy atom. The van der Waals surface area contributed by atoms with Gasteiger partial charge in [-0.2, -0.15) is 5.10 Å². The molecule has 1 aromatic carbocycles. The Morgan fingerprint density at radius 2 is 1.94 bits per heavy atom. The standard InChI is InChI=1S/C25H32FN5O2/c1-2-3-4-18-5-9-20(10-6-18)24(32)27-13-14-31-23-22(15-29-31)25(33)30(17-28-23)16-19-7-11-21(26)12-8-19/h7-8,11-12,15,17-18,20H,2-6,9-10,13-14,16H2,1H3,(H,27,32). The van der Waals surface area contributed by atoms with E-state index >= 15 is 0 Å². The SMILES string of the molecule is CCCCC1CCC(C(=O)NCCn2ncc3c(=O)n(Cc4ccc(F)cc4)cnc32)CC1. The topological polar surface area (TPSA) is 81.8 Å². The maximum Gasteiger partial charge on any atom is 0.264 e. The summed E-state index contributed by atoms with van der Waals surface area (Å²) in [4.78, 5) is 29.8. The molecule has 1 N–H and O–H groups in total. The van der Waals surface area contributed by atoms with Crippen LogP contribution in [-0.4, -0.2) is 31.8 Å². The number of aromatic nitrogens is 4. The molecule has 33 heavy (non-hydrogen) atoms. The monoisotopic (exact) mass is 453 g/mol. The Balaban J connectivity index is 1.31. The normalized spacial score (nSPS) is 18.5. The van der Waals surface area contributed by atoms with Gasteiger partial charge in [0.2, 0.25) is 5.91 Å². The molecule has 1 fully saturated rings. The lowest BCUT2D eigenvalue weighted by atomic mass is 9.79. The van der Waals surface area contributed by atoms with Gasteiger partial charge in [-0.1, -0.05) is 38.3 Å². The minimum atomic E-state index is -0.312. The molecule has 2 heterocycles. The quantitative estimate of drug-likeness (QED) is 0.533. The number of hydrogen-bond acceptors (Lipinski definition) is 4. The second-order valence-electron chi connectivity index (χ2n) is 9.06. The van der Waals surface area contributed by atoms with Crippen molar-refractivity contribution in [1.29, 1.82) is 0 Å². The van der Waals surface area contributed by atoms with E-state index in [0.717, 1.165) is 37.2 Å². The van der Waals surface area contributed by atoms with Crippen molar-refractivity contribution in [3.8, 4) is 0 Å². The number of rotatable bonds is 9. The van der Waals surface area contributed by atoms with Crippen LogP contribution in [0.4, 0.5) is 4.39 Å². The first kappa shape index (κ1) is 23.1. The minimum absolute atomic E-state index is 0.106. The second-order valence-corrected chi connectivity index (χ2v) is 9.06. The number of hydrogen-bond donors (Lipinski definition) is 1. The summed E-state index contributed by atoms with van der Waals surface area (Å²) in [5, 5.41) is 7.77. The lowest BCUT2D eigenvalue weighted by Gasteiger charge is -2.27. The van der Waals surface area contributed by atoms with Gasteiger partial charge in [0.15, 0.2) is 5.65 Å². The highest BCUT2D eigenvalue weighted by Gasteiger charge is 2.25. The summed E-state index contributed by atoms with van der Waals surface area (Å²) >= 11 is 0. The molecule has 1 aliphatic rings. The van der Waals surface area contributed by atoms with Gasteiger partial charge in [0.1, 0.15) is 17.5 Å². The maximum atomic E-state index is 13.1. The summed E-state index contributed by atoms with van der Waals surface area (Å²) in [5.74, 6) is 0.694. The Hall–Kier alpha value is -3.03. The summed E-state index contributed by atoms with van der Waals surface area (Å²) < 4.78 is 16.3. The predicted octanol–water partition coefficient (Wildman–Crippen LogP) is 3.89. The number of halogens is 1. The average molecular weight is 454 g/mol. The molecule has 3 aromatic rings. The number of fused-ring (bicyclic) bond motifs is 1. The lowest BCUT2D eigenvalue weighted by molar-refractivity contribution is -0.126. The number of unbranched alkanes of at least 4 members (excludes halogenated alkanes) is 1. The van der Waals surface area contributed by atoms with Crippen molar-refractivity contribution >= 4 is 16.9 Å². The summed E-state index contributed by atoms with van der Waals surface area (Å²) in [7, 11) is 0. The number of nitrogens with zero attached hydrogens (tertiary/aromatic N) is 4. The van der Waals surface area contributed by atoms with Gasteiger partial charge in [-0.05, 0) is 49.3 Å². The highest BCUT2D eigenvalue weighted by Crippen LogP contribution is 2.31. The van der Waals surface area contributed by atoms with E-state index in [4.69, 9.17) is 0 Å². The van der Waals surface area contributed by atoms with Crippen LogP contribution < -0.4 is 10.9 Å². The van der Waals surface area contributed by atoms with E-state index in [9.17, 15) is 14.0 Å². The van der Waals surface area contributed by atoms with Crippen LogP contribution >= 0.6 is 0 Å². The molecule has 1 amide bonds. The summed E-state index contributed by atoms with van der Waals surface area (Å²) in [6, 6.07) is 6.04. The van der Waals surface area contributed by atoms with E-state index in [1.165, 1.54) is 48.5 Å². The third kappa shape index (κ3) is 5.67. The van der Waals surface area contributed by atoms with E-state index < -0.39 is 0 Å². The van der Waals surface area contributed by atoms with Crippen LogP contribution in [-0.2, 0) is 17.9 Å². The van der Waals surface area contributed by atoms with Gasteiger partial charge in [0.25, 0.3) is 5.56 Å². The third-order valence-corrected chi connectivity index (χ3v) is 6.69. The van der Waals surface area contributed by atoms with E-state index in [2.05, 4.69) is 22.3 Å². The van der Waals surface area contributed by atoms with Gasteiger partial charge in [-0.3, -0.25) is 14.2 Å². The minimum Gasteiger partial charge on any atom is -0.354 e. The second kappa shape index (κ2) is 10.7. The maximum absolute atomic E-state index is 13.1. The zero-order valence-electron chi connectivity index (χ0n) is 19.2. The number of benzene rings is 1. The van der Waals surface area contributed by atoms with Gasteiger partial charge < -0.3 is 5.32 Å². The number of carbonyl (C=O) groups is 1. The molecule has 4 rings (SSSR count). The fraction of sp³-hybridized carbons (Fsp3) is 0.520. The molecule has 0 saturated heterocycles. The lowest BCUT2D eigenvalue weighted by Crippen LogP contribution is -2.35. The highest BCUT2D eigenvalue weighted by molar-refractivity contribution is 5.78. The van der Waals surface area contributed by atoms with E-state index in [1.807, 2.05) is 0 Å². The van der Waals surface area contributed by atoms with Crippen LogP contribution in [0, 0.1) is 17.7 Å². The van der Waals surface area contributed by atoms with Crippen LogP contribution in [0.1, 0.15) is 57.4 Å². The molecule has 7 nitrogen and oxygen atoms in total. The highest BCUT2D eigenvalue weighted by atomic mass is 19.1. The molecule has 0 radical (unpaired) electrons. The van der Waals surface area contributed by atoms with E-state index in [-0.39, 0.29) is 23.2 Å². The number of nitrogens with one attached hydrogen (secondary N) is 1. The van der Waals surface area contributed by atoms with Crippen LogP contribution in [0.5, 0.6) is 0 Å². The first-order valence-electron chi connectivity index (χ1n) is 12.0. The van der Waals surface area contributed by atoms with Gasteiger partial charge in [-0.15, -0.1) is 0 Å². The molecule has 0 unspecified atom stereocenters. The van der Waals surface area contributed by atoms with Crippen LogP contribution in [0.3, 0.4) is 0 Å². The molecule has 0 bridgehead atoms. The summed E-state index contributed by atoms with van der Waals surface area (Å²) in [6.07, 6.45) is 11.1. The van der Waals surface area contributed by atoms with Gasteiger partial charge >= 0.3 is 0 Å². The Kier molecular flexibility index (Phi) is 7.52. The molecule has 1 aliphatic carbocycles. The molecular weight excluding hydrogens is 421 g/mol. The Morgan fingerprint density at radius 3 is 2.67 bits per heavy atom. The van der Waals surface area contributed by atoms with Gasteiger partial charge in [0.05, 0.1) is 19.3 Å². The zero-order valence-corrected chi connectivity index (χ0v) is 19.2. The Labute approximate surface area is 193 Å². The fourth-order valence-electron chi connectivity index (χ4n) is 4.70. The molecule has 176 valence electrons. The van der Waals surface area contributed by atoms with Crippen molar-refractivity contribution in [2.75, 3.05) is 6.54 Å². The van der Waals surface area contributed by atoms with E-state index in [1.54, 1.807) is 16.8 Å². The summed E-state index contributed by atoms with van der Waals surface area (Å²) in [5.41, 5.74) is 1.12. The fourth-order valence-corrected chi connectivity index (χ4v) is 4.70. The predicted molar refractivity (Wildman–Crippen MR) is 125 cm³/mol. The van der Waals surface area contributed by atoms with Crippen LogP contribution in [0.15, 0.2) is 41.6 Å². The molecule has 1 saturated carbocycles. The molecule has 0 spiro atoms. The Bertz CT molecular complexity index is 1130. The molecule has 0 atom stereocenters. The van der Waals surface area contributed by atoms with Crippen molar-refractivity contribution in [1.82, 2.24) is 24.6 Å². The summed E-state index contributed by atoms with van der Waals surface area (Å²) in [6.45, 7) is 3.44. The van der Waals surface area contributed by atoms with Crippen molar-refractivity contribution in [3.05, 3.63) is 58.5 Å². The van der Waals surface area contributed by atoms with Crippen LogP contribution in [0.2, 0.25) is 0 Å². The molecular formula is C25H32FN5O2. The third-order valence-electron chi connectivity index (χ3n) is 6.69. The first-order valence-corrected chi connectivity index (χ1v) is 12.0. The molecule has 8 heteroatoms. The molecule has 0 aliphatic heterocycles. The largest absolute Gasteiger partial charge is 0.354 e. The first-order chi connectivity index (χ1) is 16.0. The number of carbonyl (C=O) groups excluding carboxylic acids is 1. The van der Waals surface area contributed by atoms with Gasteiger partial charge in [0, 0.05) is 12.5 Å². The number of amides is 1. The van der Waals surface area contributed by atoms with Crippen molar-refractivity contribution in [2.45, 2.75) is 65.0 Å². The van der Waals surface area contributed by atoms with Crippen molar-refractivity contribution < 1.29 is 9.18 Å². The average Bonchev–Trinajstić information content (AvgIpc) is 3.25. The van der Waals surface area contributed by atoms with Crippen molar-refractivity contribution in [3.63, 3.8) is 0 Å². The van der Waals surface area contributed by atoms with Gasteiger partial charge in [-0.25, -0.2) is 14.1 Å². The smallest absolute Gasteiger partial charge is 0.264 e. The zero-order chi connectivity index (χ0) is 23.2.